The molecule has 2 aliphatic heterocycles. The molecule has 0 radical (unpaired) electrons. The Labute approximate surface area is 164 Å². The SMILES string of the molecule is O=C(Nc1cccnc1)C1=NOC2(CCCN(C(=O)NC3CCCCC3)C2)C1. The van der Waals surface area contributed by atoms with Crippen molar-refractivity contribution in [3.8, 4) is 0 Å². The van der Waals surface area contributed by atoms with Gasteiger partial charge in [0, 0.05) is 25.2 Å². The van der Waals surface area contributed by atoms with E-state index >= 15 is 0 Å². The predicted molar refractivity (Wildman–Crippen MR) is 105 cm³/mol. The fourth-order valence-corrected chi connectivity index (χ4v) is 4.29. The Morgan fingerprint density at radius 2 is 2.07 bits per heavy atom. The summed E-state index contributed by atoms with van der Waals surface area (Å²) < 4.78 is 0. The molecule has 2 fully saturated rings. The van der Waals surface area contributed by atoms with Gasteiger partial charge in [0.25, 0.3) is 5.91 Å². The minimum Gasteiger partial charge on any atom is -0.386 e. The van der Waals surface area contributed by atoms with Crippen LogP contribution in [0.4, 0.5) is 10.5 Å². The third-order valence-electron chi connectivity index (χ3n) is 5.78. The molecule has 4 rings (SSSR count). The Bertz CT molecular complexity index is 747. The molecule has 1 spiro atoms. The van der Waals surface area contributed by atoms with E-state index in [0.29, 0.717) is 30.9 Å². The van der Waals surface area contributed by atoms with Crippen molar-refractivity contribution in [2.45, 2.75) is 63.0 Å². The van der Waals surface area contributed by atoms with Gasteiger partial charge in [0.05, 0.1) is 18.4 Å². The lowest BCUT2D eigenvalue weighted by atomic mass is 9.88. The van der Waals surface area contributed by atoms with Crippen molar-refractivity contribution >= 4 is 23.3 Å². The van der Waals surface area contributed by atoms with Crippen molar-refractivity contribution in [2.24, 2.45) is 5.16 Å². The maximum Gasteiger partial charge on any atom is 0.317 e. The fourth-order valence-electron chi connectivity index (χ4n) is 4.29. The summed E-state index contributed by atoms with van der Waals surface area (Å²) in [4.78, 5) is 36.7. The molecule has 1 atom stereocenters. The first-order chi connectivity index (χ1) is 13.6. The highest BCUT2D eigenvalue weighted by atomic mass is 16.7. The highest BCUT2D eigenvalue weighted by Gasteiger charge is 2.45. The number of nitrogens with one attached hydrogen (secondary N) is 2. The number of pyridine rings is 1. The van der Waals surface area contributed by atoms with E-state index in [1.54, 1.807) is 24.5 Å². The molecule has 1 saturated heterocycles. The standard InChI is InChI=1S/C20H27N5O3/c26-18(22-16-8-4-10-21-13-16)17-12-20(28-24-17)9-5-11-25(14-20)19(27)23-15-6-2-1-3-7-15/h4,8,10,13,15H,1-3,5-7,9,11-12,14H2,(H,22,26)(H,23,27). The van der Waals surface area contributed by atoms with Gasteiger partial charge in [-0.25, -0.2) is 4.79 Å². The van der Waals surface area contributed by atoms with E-state index < -0.39 is 5.60 Å². The molecule has 3 aliphatic rings. The lowest BCUT2D eigenvalue weighted by Crippen LogP contribution is -2.55. The van der Waals surface area contributed by atoms with Gasteiger partial charge in [-0.15, -0.1) is 0 Å². The quantitative estimate of drug-likeness (QED) is 0.836. The number of rotatable bonds is 3. The molecule has 1 aromatic rings. The highest BCUT2D eigenvalue weighted by Crippen LogP contribution is 2.34. The summed E-state index contributed by atoms with van der Waals surface area (Å²) in [6, 6.07) is 3.78. The van der Waals surface area contributed by atoms with E-state index in [2.05, 4.69) is 20.8 Å². The summed E-state index contributed by atoms with van der Waals surface area (Å²) in [5.74, 6) is -0.284. The minimum atomic E-state index is -0.593. The number of nitrogens with zero attached hydrogens (tertiary/aromatic N) is 3. The lowest BCUT2D eigenvalue weighted by molar-refractivity contribution is -0.110. The second kappa shape index (κ2) is 8.16. The van der Waals surface area contributed by atoms with Gasteiger partial charge < -0.3 is 20.4 Å². The van der Waals surface area contributed by atoms with Gasteiger partial charge in [0.1, 0.15) is 5.71 Å². The number of carbonyl (C=O) groups excluding carboxylic acids is 2. The summed E-state index contributed by atoms with van der Waals surface area (Å²) in [5, 5.41) is 10.0. The molecule has 3 heterocycles. The first-order valence-corrected chi connectivity index (χ1v) is 10.2. The van der Waals surface area contributed by atoms with Crippen LogP contribution in [0, 0.1) is 0 Å². The average molecular weight is 385 g/mol. The zero-order valence-corrected chi connectivity index (χ0v) is 16.0. The van der Waals surface area contributed by atoms with Gasteiger partial charge in [0.15, 0.2) is 5.60 Å². The zero-order valence-electron chi connectivity index (χ0n) is 16.0. The molecule has 8 nitrogen and oxygen atoms in total. The number of likely N-dealkylation sites (tertiary alicyclic amines) is 1. The number of oxime groups is 1. The first-order valence-electron chi connectivity index (χ1n) is 10.2. The summed E-state index contributed by atoms with van der Waals surface area (Å²) in [7, 11) is 0. The van der Waals surface area contributed by atoms with E-state index in [4.69, 9.17) is 4.84 Å². The molecule has 1 aromatic heterocycles. The van der Waals surface area contributed by atoms with Crippen LogP contribution >= 0.6 is 0 Å². The first kappa shape index (κ1) is 18.7. The Morgan fingerprint density at radius 1 is 1.21 bits per heavy atom. The molecular weight excluding hydrogens is 358 g/mol. The minimum absolute atomic E-state index is 0.0252. The van der Waals surface area contributed by atoms with E-state index in [-0.39, 0.29) is 18.0 Å². The molecule has 2 N–H and O–H groups in total. The normalized spacial score (nSPS) is 25.1. The number of carbonyl (C=O) groups is 2. The molecule has 1 unspecified atom stereocenters. The highest BCUT2D eigenvalue weighted by molar-refractivity contribution is 6.43. The predicted octanol–water partition coefficient (Wildman–Crippen LogP) is 2.67. The number of hydrogen-bond donors (Lipinski definition) is 2. The fraction of sp³-hybridized carbons (Fsp3) is 0.600. The van der Waals surface area contributed by atoms with Crippen molar-refractivity contribution in [1.29, 1.82) is 0 Å². The third kappa shape index (κ3) is 4.26. The van der Waals surface area contributed by atoms with E-state index in [0.717, 1.165) is 25.7 Å². The monoisotopic (exact) mass is 385 g/mol. The van der Waals surface area contributed by atoms with Gasteiger partial charge >= 0.3 is 6.03 Å². The van der Waals surface area contributed by atoms with Crippen LogP contribution in [-0.4, -0.2) is 52.3 Å². The maximum absolute atomic E-state index is 12.7. The van der Waals surface area contributed by atoms with Crippen LogP contribution in [0.2, 0.25) is 0 Å². The second-order valence-electron chi connectivity index (χ2n) is 7.99. The number of piperidine rings is 1. The van der Waals surface area contributed by atoms with Crippen LogP contribution in [0.3, 0.4) is 0 Å². The Hall–Kier alpha value is -2.64. The summed E-state index contributed by atoms with van der Waals surface area (Å²) >= 11 is 0. The molecule has 150 valence electrons. The van der Waals surface area contributed by atoms with Crippen molar-refractivity contribution in [1.82, 2.24) is 15.2 Å². The van der Waals surface area contributed by atoms with Crippen molar-refractivity contribution in [2.75, 3.05) is 18.4 Å². The molecule has 3 amide bonds. The van der Waals surface area contributed by atoms with Crippen LogP contribution in [-0.2, 0) is 9.63 Å². The molecule has 28 heavy (non-hydrogen) atoms. The smallest absolute Gasteiger partial charge is 0.317 e. The average Bonchev–Trinajstić information content (AvgIpc) is 3.13. The molecule has 8 heteroatoms. The number of amides is 3. The number of urea groups is 1. The van der Waals surface area contributed by atoms with Crippen molar-refractivity contribution in [3.63, 3.8) is 0 Å². The summed E-state index contributed by atoms with van der Waals surface area (Å²) in [6.45, 7) is 1.17. The van der Waals surface area contributed by atoms with Crippen LogP contribution in [0.1, 0.15) is 51.4 Å². The topological polar surface area (TPSA) is 95.9 Å². The van der Waals surface area contributed by atoms with Crippen molar-refractivity contribution < 1.29 is 14.4 Å². The number of anilines is 1. The van der Waals surface area contributed by atoms with Crippen LogP contribution in [0.5, 0.6) is 0 Å². The van der Waals surface area contributed by atoms with E-state index in [1.165, 1.54) is 19.3 Å². The van der Waals surface area contributed by atoms with Crippen molar-refractivity contribution in [3.05, 3.63) is 24.5 Å². The summed E-state index contributed by atoms with van der Waals surface area (Å²) in [5.41, 5.74) is 0.385. The Morgan fingerprint density at radius 3 is 2.86 bits per heavy atom. The van der Waals surface area contributed by atoms with E-state index in [1.807, 2.05) is 4.90 Å². The van der Waals surface area contributed by atoms with Gasteiger partial charge in [-0.3, -0.25) is 9.78 Å². The van der Waals surface area contributed by atoms with Crippen LogP contribution in [0.25, 0.3) is 0 Å². The largest absolute Gasteiger partial charge is 0.386 e. The molecule has 0 aromatic carbocycles. The molecule has 1 saturated carbocycles. The Kier molecular flexibility index (Phi) is 5.45. The van der Waals surface area contributed by atoms with Crippen LogP contribution in [0.15, 0.2) is 29.7 Å². The van der Waals surface area contributed by atoms with Crippen LogP contribution < -0.4 is 10.6 Å². The number of aromatic nitrogens is 1. The van der Waals surface area contributed by atoms with Gasteiger partial charge in [-0.2, -0.15) is 0 Å². The van der Waals surface area contributed by atoms with Gasteiger partial charge in [0.2, 0.25) is 0 Å². The van der Waals surface area contributed by atoms with Gasteiger partial charge in [-0.1, -0.05) is 24.4 Å². The van der Waals surface area contributed by atoms with Gasteiger partial charge in [-0.05, 0) is 37.8 Å². The zero-order chi connectivity index (χ0) is 19.4. The molecule has 0 bridgehead atoms. The third-order valence-corrected chi connectivity index (χ3v) is 5.78. The lowest BCUT2D eigenvalue weighted by Gasteiger charge is -2.39. The summed E-state index contributed by atoms with van der Waals surface area (Å²) in [6.07, 6.45) is 11.0. The second-order valence-corrected chi connectivity index (χ2v) is 7.99. The molecule has 1 aliphatic carbocycles. The maximum atomic E-state index is 12.7. The Balaban J connectivity index is 1.33. The number of hydrogen-bond acceptors (Lipinski definition) is 5. The molecular formula is C20H27N5O3. The van der Waals surface area contributed by atoms with E-state index in [9.17, 15) is 9.59 Å².